The number of nitrogens with zero attached hydrogens (tertiary/aromatic N) is 2. The summed E-state index contributed by atoms with van der Waals surface area (Å²) in [6.07, 6.45) is 0.984. The van der Waals surface area contributed by atoms with Crippen molar-refractivity contribution in [2.75, 3.05) is 31.7 Å². The molecule has 1 aromatic rings. The Bertz CT molecular complexity index is 667. The van der Waals surface area contributed by atoms with Gasteiger partial charge in [-0.15, -0.1) is 4.40 Å². The smallest absolute Gasteiger partial charge is 0.287 e. The Morgan fingerprint density at radius 2 is 2.00 bits per heavy atom. The first-order valence-electron chi connectivity index (χ1n) is 6.80. The maximum atomic E-state index is 12.3. The minimum absolute atomic E-state index is 0.297. The largest absolute Gasteiger partial charge is 0.333 e. The van der Waals surface area contributed by atoms with Gasteiger partial charge in [-0.05, 0) is 58.1 Å². The van der Waals surface area contributed by atoms with Crippen LogP contribution in [0.2, 0.25) is 0 Å². The minimum atomic E-state index is -3.60. The van der Waals surface area contributed by atoms with Crippen LogP contribution in [0.15, 0.2) is 21.4 Å². The van der Waals surface area contributed by atoms with Crippen molar-refractivity contribution < 1.29 is 8.42 Å². The highest BCUT2D eigenvalue weighted by Crippen LogP contribution is 2.33. The molecule has 0 aromatic heterocycles. The average Bonchev–Trinajstić information content (AvgIpc) is 2.31. The molecule has 7 heteroatoms. The lowest BCUT2D eigenvalue weighted by atomic mass is 10.1. The molecule has 116 valence electrons. The summed E-state index contributed by atoms with van der Waals surface area (Å²) in [4.78, 5) is 2.40. The molecule has 0 spiro atoms. The average molecular weight is 327 g/mol. The molecule has 0 saturated heterocycles. The van der Waals surface area contributed by atoms with Crippen LogP contribution in [-0.4, -0.2) is 44.9 Å². The predicted octanol–water partition coefficient (Wildman–Crippen LogP) is 2.46. The molecular formula is C14H21N3O2S2. The van der Waals surface area contributed by atoms with Crippen LogP contribution in [0.25, 0.3) is 0 Å². The second kappa shape index (κ2) is 6.37. The molecule has 0 bridgehead atoms. The van der Waals surface area contributed by atoms with E-state index in [4.69, 9.17) is 0 Å². The van der Waals surface area contributed by atoms with Gasteiger partial charge in [-0.25, -0.2) is 0 Å². The summed E-state index contributed by atoms with van der Waals surface area (Å²) in [5.41, 5.74) is 2.41. The van der Waals surface area contributed by atoms with Crippen LogP contribution in [0.1, 0.15) is 17.5 Å². The molecule has 21 heavy (non-hydrogen) atoms. The van der Waals surface area contributed by atoms with E-state index in [9.17, 15) is 8.42 Å². The van der Waals surface area contributed by atoms with Gasteiger partial charge in [0.05, 0.1) is 5.69 Å². The summed E-state index contributed by atoms with van der Waals surface area (Å²) in [6.45, 7) is 4.73. The second-order valence-electron chi connectivity index (χ2n) is 5.46. The lowest BCUT2D eigenvalue weighted by molar-refractivity contribution is 0.410. The Kier molecular flexibility index (Phi) is 4.95. The molecule has 0 fully saturated rings. The van der Waals surface area contributed by atoms with Crippen molar-refractivity contribution in [1.82, 2.24) is 4.90 Å². The highest BCUT2D eigenvalue weighted by molar-refractivity contribution is 8.14. The fourth-order valence-corrected chi connectivity index (χ4v) is 4.66. The summed E-state index contributed by atoms with van der Waals surface area (Å²) in [5, 5.41) is 3.61. The first-order valence-corrected chi connectivity index (χ1v) is 9.23. The molecule has 1 aliphatic rings. The molecule has 0 unspecified atom stereocenters. The number of benzene rings is 1. The topological polar surface area (TPSA) is 61.8 Å². The third-order valence-electron chi connectivity index (χ3n) is 3.11. The summed E-state index contributed by atoms with van der Waals surface area (Å²) >= 11 is 1.45. The van der Waals surface area contributed by atoms with Gasteiger partial charge in [0.2, 0.25) is 0 Å². The van der Waals surface area contributed by atoms with Gasteiger partial charge in [-0.1, -0.05) is 17.8 Å². The quantitative estimate of drug-likeness (QED) is 0.861. The second-order valence-corrected chi connectivity index (χ2v) is 8.08. The molecule has 1 aromatic carbocycles. The molecule has 0 amide bonds. The van der Waals surface area contributed by atoms with Crippen molar-refractivity contribution in [2.24, 2.45) is 4.40 Å². The number of amidine groups is 1. The third-order valence-corrected chi connectivity index (χ3v) is 5.67. The zero-order valence-corrected chi connectivity index (χ0v) is 14.4. The molecule has 0 aliphatic carbocycles. The molecule has 2 rings (SSSR count). The predicted molar refractivity (Wildman–Crippen MR) is 89.8 cm³/mol. The van der Waals surface area contributed by atoms with Gasteiger partial charge < -0.3 is 10.2 Å². The molecule has 0 radical (unpaired) electrons. The van der Waals surface area contributed by atoms with Crippen LogP contribution >= 0.6 is 11.8 Å². The Morgan fingerprint density at radius 3 is 2.67 bits per heavy atom. The normalized spacial score (nSPS) is 16.3. The summed E-state index contributed by atoms with van der Waals surface area (Å²) in [7, 11) is 0.444. The van der Waals surface area contributed by atoms with E-state index >= 15 is 0 Å². The van der Waals surface area contributed by atoms with Gasteiger partial charge in [0.1, 0.15) is 4.90 Å². The van der Waals surface area contributed by atoms with E-state index in [1.165, 1.54) is 11.8 Å². The first kappa shape index (κ1) is 16.3. The maximum absolute atomic E-state index is 12.3. The van der Waals surface area contributed by atoms with Crippen molar-refractivity contribution in [1.29, 1.82) is 0 Å². The van der Waals surface area contributed by atoms with E-state index in [2.05, 4.69) is 14.6 Å². The zero-order chi connectivity index (χ0) is 15.6. The minimum Gasteiger partial charge on any atom is -0.333 e. The van der Waals surface area contributed by atoms with Crippen molar-refractivity contribution in [2.45, 2.75) is 25.2 Å². The Labute approximate surface area is 130 Å². The number of thioether (sulfide) groups is 1. The van der Waals surface area contributed by atoms with E-state index in [1.807, 2.05) is 33.2 Å². The fourth-order valence-electron chi connectivity index (χ4n) is 2.29. The van der Waals surface area contributed by atoms with Gasteiger partial charge >= 0.3 is 0 Å². The monoisotopic (exact) mass is 327 g/mol. The van der Waals surface area contributed by atoms with Gasteiger partial charge in [0, 0.05) is 5.75 Å². The Balaban J connectivity index is 2.17. The molecule has 0 atom stereocenters. The van der Waals surface area contributed by atoms with Crippen LogP contribution in [0, 0.1) is 13.8 Å². The molecule has 1 aliphatic heterocycles. The molecule has 0 saturated carbocycles. The van der Waals surface area contributed by atoms with Crippen LogP contribution in [-0.2, 0) is 10.0 Å². The van der Waals surface area contributed by atoms with Crippen LogP contribution < -0.4 is 5.32 Å². The SMILES string of the molecule is Cc1cc(C)c2c(c1)NC(SCCCN(C)C)=NS2(=O)=O. The van der Waals surface area contributed by atoms with Gasteiger partial charge in [-0.3, -0.25) is 0 Å². The van der Waals surface area contributed by atoms with Gasteiger partial charge in [0.25, 0.3) is 10.0 Å². The number of fused-ring (bicyclic) bond motifs is 1. The third kappa shape index (κ3) is 3.99. The lowest BCUT2D eigenvalue weighted by Gasteiger charge is -2.20. The molecular weight excluding hydrogens is 306 g/mol. The number of nitrogens with one attached hydrogen (secondary N) is 1. The van der Waals surface area contributed by atoms with Gasteiger partial charge in [0.15, 0.2) is 5.17 Å². The maximum Gasteiger partial charge on any atom is 0.287 e. The number of rotatable bonds is 4. The summed E-state index contributed by atoms with van der Waals surface area (Å²) in [6, 6.07) is 3.72. The number of sulfonamides is 1. The molecule has 1 N–H and O–H groups in total. The lowest BCUT2D eigenvalue weighted by Crippen LogP contribution is -2.21. The zero-order valence-electron chi connectivity index (χ0n) is 12.8. The molecule has 1 heterocycles. The Morgan fingerprint density at radius 1 is 1.29 bits per heavy atom. The first-order chi connectivity index (χ1) is 9.79. The summed E-state index contributed by atoms with van der Waals surface area (Å²) < 4.78 is 28.5. The van der Waals surface area contributed by atoms with Crippen LogP contribution in [0.3, 0.4) is 0 Å². The number of hydrogen-bond acceptors (Lipinski definition) is 5. The number of anilines is 1. The van der Waals surface area contributed by atoms with Crippen LogP contribution in [0.5, 0.6) is 0 Å². The van der Waals surface area contributed by atoms with E-state index in [1.54, 1.807) is 6.92 Å². The highest BCUT2D eigenvalue weighted by Gasteiger charge is 2.27. The highest BCUT2D eigenvalue weighted by atomic mass is 32.2. The van der Waals surface area contributed by atoms with Crippen molar-refractivity contribution in [3.63, 3.8) is 0 Å². The van der Waals surface area contributed by atoms with Crippen LogP contribution in [0.4, 0.5) is 5.69 Å². The van der Waals surface area contributed by atoms with Crippen molar-refractivity contribution in [3.8, 4) is 0 Å². The van der Waals surface area contributed by atoms with Gasteiger partial charge in [-0.2, -0.15) is 8.42 Å². The Hall–Kier alpha value is -1.05. The number of aryl methyl sites for hydroxylation is 2. The van der Waals surface area contributed by atoms with E-state index in [0.717, 1.165) is 29.8 Å². The van der Waals surface area contributed by atoms with E-state index in [-0.39, 0.29) is 0 Å². The van der Waals surface area contributed by atoms with Crippen molar-refractivity contribution in [3.05, 3.63) is 23.3 Å². The number of hydrogen-bond donors (Lipinski definition) is 1. The summed E-state index contributed by atoms with van der Waals surface area (Å²) in [5.74, 6) is 0.833. The standard InChI is InChI=1S/C14H21N3O2S2/c1-10-8-11(2)13-12(9-10)15-14(16-21(13,18)19)20-7-5-6-17(3)4/h8-9H,5-7H2,1-4H3,(H,15,16). The van der Waals surface area contributed by atoms with E-state index < -0.39 is 10.0 Å². The molecule has 5 nitrogen and oxygen atoms in total. The fraction of sp³-hybridized carbons (Fsp3) is 0.500. The van der Waals surface area contributed by atoms with E-state index in [0.29, 0.717) is 15.8 Å². The van der Waals surface area contributed by atoms with Crippen molar-refractivity contribution >= 4 is 32.6 Å².